The van der Waals surface area contributed by atoms with E-state index in [0.29, 0.717) is 17.2 Å². The van der Waals surface area contributed by atoms with Crippen LogP contribution in [0, 0.1) is 0 Å². The van der Waals surface area contributed by atoms with Crippen LogP contribution in [-0.2, 0) is 10.5 Å². The van der Waals surface area contributed by atoms with E-state index in [2.05, 4.69) is 0 Å². The number of amides is 1. The largest absolute Gasteiger partial charge is 0.480 e. The molecule has 1 aliphatic rings. The third kappa shape index (κ3) is 3.25. The summed E-state index contributed by atoms with van der Waals surface area (Å²) in [6, 6.07) is 6.68. The second-order valence-electron chi connectivity index (χ2n) is 4.26. The van der Waals surface area contributed by atoms with Gasteiger partial charge in [-0.15, -0.1) is 11.8 Å². The van der Waals surface area contributed by atoms with Crippen molar-refractivity contribution in [2.75, 3.05) is 17.9 Å². The van der Waals surface area contributed by atoms with Crippen molar-refractivity contribution in [2.45, 2.75) is 11.8 Å². The van der Waals surface area contributed by atoms with Gasteiger partial charge in [-0.3, -0.25) is 4.79 Å². The third-order valence-electron chi connectivity index (χ3n) is 2.94. The maximum atomic E-state index is 12.3. The minimum atomic E-state index is -0.933. The van der Waals surface area contributed by atoms with E-state index in [1.54, 1.807) is 23.9 Å². The van der Waals surface area contributed by atoms with E-state index >= 15 is 0 Å². The fourth-order valence-corrected chi connectivity index (χ4v) is 3.59. The van der Waals surface area contributed by atoms with E-state index in [-0.39, 0.29) is 5.91 Å². The van der Waals surface area contributed by atoms with Gasteiger partial charge in [0.05, 0.1) is 5.88 Å². The lowest BCUT2D eigenvalue weighted by Gasteiger charge is -2.20. The predicted octanol–water partition coefficient (Wildman–Crippen LogP) is 2.15. The Balaban J connectivity index is 2.12. The van der Waals surface area contributed by atoms with Crippen LogP contribution < -0.4 is 0 Å². The summed E-state index contributed by atoms with van der Waals surface area (Å²) in [5.41, 5.74) is 1.72. The quantitative estimate of drug-likeness (QED) is 0.923. The molecule has 19 heavy (non-hydrogen) atoms. The van der Waals surface area contributed by atoms with Crippen molar-refractivity contribution in [2.24, 2.45) is 0 Å². The number of hydrogen-bond acceptors (Lipinski definition) is 4. The Bertz CT molecular complexity index is 475. The van der Waals surface area contributed by atoms with Gasteiger partial charge in [-0.25, -0.2) is 4.79 Å². The highest BCUT2D eigenvalue weighted by Gasteiger charge is 2.34. The Morgan fingerprint density at radius 2 is 2.11 bits per heavy atom. The van der Waals surface area contributed by atoms with Gasteiger partial charge < -0.3 is 10.0 Å². The van der Waals surface area contributed by atoms with Crippen LogP contribution >= 0.6 is 23.5 Å². The molecule has 0 saturated carbocycles. The number of carboxylic acids is 1. The summed E-state index contributed by atoms with van der Waals surface area (Å²) in [6.07, 6.45) is 2.03. The molecule has 0 spiro atoms. The topological polar surface area (TPSA) is 57.6 Å². The number of aliphatic carboxylic acids is 1. The van der Waals surface area contributed by atoms with Gasteiger partial charge in [-0.1, -0.05) is 12.1 Å². The van der Waals surface area contributed by atoms with E-state index in [4.69, 9.17) is 5.11 Å². The lowest BCUT2D eigenvalue weighted by molar-refractivity contribution is -0.140. The minimum absolute atomic E-state index is 0.201. The van der Waals surface area contributed by atoms with Gasteiger partial charge in [0, 0.05) is 17.1 Å². The van der Waals surface area contributed by atoms with E-state index in [9.17, 15) is 9.59 Å². The van der Waals surface area contributed by atoms with Crippen molar-refractivity contribution in [1.29, 1.82) is 0 Å². The van der Waals surface area contributed by atoms with Gasteiger partial charge in [0.1, 0.15) is 6.04 Å². The van der Waals surface area contributed by atoms with Crippen molar-refractivity contribution in [3.05, 3.63) is 35.4 Å². The fraction of sp³-hybridized carbons (Fsp3) is 0.385. The van der Waals surface area contributed by atoms with Gasteiger partial charge in [-0.2, -0.15) is 11.8 Å². The van der Waals surface area contributed by atoms with Gasteiger partial charge in [0.2, 0.25) is 0 Å². The molecule has 1 aromatic rings. The van der Waals surface area contributed by atoms with Crippen LogP contribution in [0.15, 0.2) is 24.3 Å². The number of rotatable bonds is 4. The van der Waals surface area contributed by atoms with Crippen LogP contribution in [0.3, 0.4) is 0 Å². The lowest BCUT2D eigenvalue weighted by Crippen LogP contribution is -2.41. The second kappa shape index (κ2) is 6.34. The highest BCUT2D eigenvalue weighted by molar-refractivity contribution is 7.99. The van der Waals surface area contributed by atoms with Gasteiger partial charge >= 0.3 is 5.97 Å². The SMILES string of the molecule is CSCc1ccc(C(=O)N2CSCC2C(=O)O)cc1. The molecule has 1 atom stereocenters. The molecule has 4 nitrogen and oxygen atoms in total. The Labute approximate surface area is 120 Å². The molecular formula is C13H15NO3S2. The van der Waals surface area contributed by atoms with Crippen molar-refractivity contribution < 1.29 is 14.7 Å². The second-order valence-corrected chi connectivity index (χ2v) is 6.12. The Kier molecular flexibility index (Phi) is 4.76. The molecule has 0 aromatic heterocycles. The Morgan fingerprint density at radius 3 is 2.68 bits per heavy atom. The molecule has 1 saturated heterocycles. The third-order valence-corrected chi connectivity index (χ3v) is 4.57. The smallest absolute Gasteiger partial charge is 0.327 e. The molecule has 1 heterocycles. The van der Waals surface area contributed by atoms with Crippen LogP contribution in [0.4, 0.5) is 0 Å². The summed E-state index contributed by atoms with van der Waals surface area (Å²) in [7, 11) is 0. The molecular weight excluding hydrogens is 282 g/mol. The Hall–Kier alpha value is -1.14. The molecule has 6 heteroatoms. The van der Waals surface area contributed by atoms with Crippen molar-refractivity contribution in [1.82, 2.24) is 4.90 Å². The van der Waals surface area contributed by atoms with E-state index < -0.39 is 12.0 Å². The van der Waals surface area contributed by atoms with Gasteiger partial charge in [0.25, 0.3) is 5.91 Å². The standard InChI is InChI=1S/C13H15NO3S2/c1-18-6-9-2-4-10(5-3-9)12(15)14-8-19-7-11(14)13(16)17/h2-5,11H,6-8H2,1H3,(H,16,17). The highest BCUT2D eigenvalue weighted by atomic mass is 32.2. The number of hydrogen-bond donors (Lipinski definition) is 1. The zero-order valence-corrected chi connectivity index (χ0v) is 12.2. The van der Waals surface area contributed by atoms with Crippen molar-refractivity contribution >= 4 is 35.4 Å². The summed E-state index contributed by atoms with van der Waals surface area (Å²) in [5.74, 6) is 0.685. The molecule has 0 radical (unpaired) electrons. The molecule has 0 bridgehead atoms. The van der Waals surface area contributed by atoms with Crippen molar-refractivity contribution in [3.63, 3.8) is 0 Å². The molecule has 1 fully saturated rings. The molecule has 2 rings (SSSR count). The van der Waals surface area contributed by atoms with Crippen LogP contribution in [0.5, 0.6) is 0 Å². The monoisotopic (exact) mass is 297 g/mol. The van der Waals surface area contributed by atoms with E-state index in [1.807, 2.05) is 18.4 Å². The number of carbonyl (C=O) groups is 2. The average molecular weight is 297 g/mol. The zero-order chi connectivity index (χ0) is 13.8. The summed E-state index contributed by atoms with van der Waals surface area (Å²) in [5, 5.41) is 9.08. The first-order chi connectivity index (χ1) is 9.13. The minimum Gasteiger partial charge on any atom is -0.480 e. The highest BCUT2D eigenvalue weighted by Crippen LogP contribution is 2.23. The van der Waals surface area contributed by atoms with Crippen LogP contribution in [0.25, 0.3) is 0 Å². The maximum Gasteiger partial charge on any atom is 0.327 e. The number of nitrogens with zero attached hydrogens (tertiary/aromatic N) is 1. The fourth-order valence-electron chi connectivity index (χ4n) is 1.92. The lowest BCUT2D eigenvalue weighted by atomic mass is 10.1. The molecule has 1 unspecified atom stereocenters. The summed E-state index contributed by atoms with van der Waals surface area (Å²) >= 11 is 3.20. The molecule has 1 N–H and O–H groups in total. The first-order valence-corrected chi connectivity index (χ1v) is 8.37. The summed E-state index contributed by atoms with van der Waals surface area (Å²) < 4.78 is 0. The van der Waals surface area contributed by atoms with E-state index in [0.717, 1.165) is 11.3 Å². The normalized spacial score (nSPS) is 18.6. The molecule has 1 aromatic carbocycles. The van der Waals surface area contributed by atoms with E-state index in [1.165, 1.54) is 16.7 Å². The number of carboxylic acid groups (broad SMARTS) is 1. The average Bonchev–Trinajstić information content (AvgIpc) is 2.88. The number of thioether (sulfide) groups is 2. The molecule has 1 amide bonds. The maximum absolute atomic E-state index is 12.3. The van der Waals surface area contributed by atoms with Gasteiger partial charge in [-0.05, 0) is 24.0 Å². The van der Waals surface area contributed by atoms with Crippen LogP contribution in [-0.4, -0.2) is 45.8 Å². The first-order valence-electron chi connectivity index (χ1n) is 5.83. The van der Waals surface area contributed by atoms with Gasteiger partial charge in [0.15, 0.2) is 0 Å². The van der Waals surface area contributed by atoms with Crippen LogP contribution in [0.2, 0.25) is 0 Å². The summed E-state index contributed by atoms with van der Waals surface area (Å²) in [4.78, 5) is 24.8. The first kappa shape index (κ1) is 14.3. The molecule has 0 aliphatic carbocycles. The number of benzene rings is 1. The summed E-state index contributed by atoms with van der Waals surface area (Å²) in [6.45, 7) is 0. The van der Waals surface area contributed by atoms with Crippen molar-refractivity contribution in [3.8, 4) is 0 Å². The Morgan fingerprint density at radius 1 is 1.42 bits per heavy atom. The van der Waals surface area contributed by atoms with Crippen LogP contribution in [0.1, 0.15) is 15.9 Å². The molecule has 1 aliphatic heterocycles. The number of carbonyl (C=O) groups excluding carboxylic acids is 1. The molecule has 102 valence electrons. The zero-order valence-electron chi connectivity index (χ0n) is 10.5. The predicted molar refractivity (Wildman–Crippen MR) is 78.6 cm³/mol.